The summed E-state index contributed by atoms with van der Waals surface area (Å²) in [5, 5.41) is 52.9. The number of halogens is 5. The number of carboxylic acids is 1. The Morgan fingerprint density at radius 1 is 0.417 bits per heavy atom. The van der Waals surface area contributed by atoms with Crippen molar-refractivity contribution in [1.82, 2.24) is 59.7 Å². The molecule has 0 aliphatic heterocycles. The third kappa shape index (κ3) is 25.7. The van der Waals surface area contributed by atoms with E-state index in [1.807, 2.05) is 127 Å². The number of carboxylic acid groups (broad SMARTS) is 1. The van der Waals surface area contributed by atoms with Gasteiger partial charge >= 0.3 is 29.8 Å². The molecule has 139 heavy (non-hydrogen) atoms. The number of rotatable bonds is 18. The highest BCUT2D eigenvalue weighted by atomic mass is 35.5. The van der Waals surface area contributed by atoms with Gasteiger partial charge in [0.1, 0.15) is 10.3 Å². The Morgan fingerprint density at radius 2 is 0.784 bits per heavy atom. The monoisotopic (exact) mass is 2000 g/mol. The smallest absolute Gasteiger partial charge is 0.340 e. The first-order valence-corrected chi connectivity index (χ1v) is 46.2. The van der Waals surface area contributed by atoms with Crippen LogP contribution < -0.4 is 24.7 Å². The van der Waals surface area contributed by atoms with Crippen LogP contribution in [0.15, 0.2) is 237 Å². The van der Waals surface area contributed by atoms with Gasteiger partial charge in [-0.25, -0.2) is 49.1 Å². The Hall–Kier alpha value is -14.4. The van der Waals surface area contributed by atoms with Gasteiger partial charge in [0.25, 0.3) is 10.1 Å². The summed E-state index contributed by atoms with van der Waals surface area (Å²) in [7, 11) is 8.40. The molecule has 0 bridgehead atoms. The lowest BCUT2D eigenvalue weighted by atomic mass is 9.50. The molecule has 2 aliphatic carbocycles. The minimum atomic E-state index is -3.42. The molecular weight excluding hydrogens is 1910 g/mol. The van der Waals surface area contributed by atoms with E-state index in [2.05, 4.69) is 64.5 Å². The van der Waals surface area contributed by atoms with Gasteiger partial charge < -0.3 is 58.9 Å². The number of fused-ring (bicyclic) bond motifs is 9. The Labute approximate surface area is 820 Å². The third-order valence-electron chi connectivity index (χ3n) is 22.4. The van der Waals surface area contributed by atoms with Crippen LogP contribution in [0.3, 0.4) is 0 Å². The molecule has 32 nitrogen and oxygen atoms in total. The molecule has 38 heteroatoms. The molecule has 0 amide bonds. The number of aromatic amines is 1. The summed E-state index contributed by atoms with van der Waals surface area (Å²) in [6.45, 7) is 1.04. The lowest BCUT2D eigenvalue weighted by Crippen LogP contribution is -2.54. The maximum atomic E-state index is 12.2. The Bertz CT molecular complexity index is 7650. The predicted molar refractivity (Wildman–Crippen MR) is 532 cm³/mol. The van der Waals surface area contributed by atoms with Crippen LogP contribution in [-0.2, 0) is 71.0 Å². The SMILES string of the molecule is COC(=O)C1CC2(CC(N)C2)C1.COC(=O)c1ccc(Cl)c2cn[nH]c12.COC(=O)c1ccc(Cl)c2cnn(Cc3ccc4nc(OC)ccc4c3)c12.COC(=O)c1ccc2nc(Cl)ccc2c1.COc1ccc2cc(CO)ccc2n1.COc1ccc2cc(COS(C)(=O)=O)ccc2n1.COc1ccc2cc(Cn3ncc4c(Cl)ccc(C(=O)O)c43)ccc2n1.OCc1ccc2nc(Cl)ccc2c1. The molecule has 0 unspecified atom stereocenters. The number of nitrogens with one attached hydrogen (secondary N) is 1. The summed E-state index contributed by atoms with van der Waals surface area (Å²) in [6, 6.07) is 65.7. The van der Waals surface area contributed by atoms with Crippen molar-refractivity contribution >= 4 is 196 Å². The number of aliphatic hydroxyl groups excluding tert-OH is 2. The number of pyridine rings is 6. The zero-order chi connectivity index (χ0) is 99.4. The number of aromatic nitrogens is 12. The fourth-order valence-electron chi connectivity index (χ4n) is 15.6. The van der Waals surface area contributed by atoms with Crippen molar-refractivity contribution in [3.05, 3.63) is 312 Å². The van der Waals surface area contributed by atoms with E-state index in [1.54, 1.807) is 141 Å². The first-order valence-electron chi connectivity index (χ1n) is 42.5. The van der Waals surface area contributed by atoms with Gasteiger partial charge in [0, 0.05) is 78.8 Å². The molecule has 2 aliphatic rings. The van der Waals surface area contributed by atoms with Crippen LogP contribution in [0.1, 0.15) is 94.9 Å². The van der Waals surface area contributed by atoms with Gasteiger partial charge in [-0.3, -0.25) is 23.4 Å². The van der Waals surface area contributed by atoms with Crippen molar-refractivity contribution in [2.45, 2.75) is 64.6 Å². The summed E-state index contributed by atoms with van der Waals surface area (Å²) in [4.78, 5) is 82.9. The van der Waals surface area contributed by atoms with Gasteiger partial charge in [0.15, 0.2) is 0 Å². The highest BCUT2D eigenvalue weighted by Gasteiger charge is 2.54. The number of hydrogen-bond acceptors (Lipinski definition) is 28. The van der Waals surface area contributed by atoms with Crippen molar-refractivity contribution in [2.75, 3.05) is 63.1 Å². The van der Waals surface area contributed by atoms with Crippen molar-refractivity contribution in [3.8, 4) is 23.5 Å². The Morgan fingerprint density at radius 3 is 1.19 bits per heavy atom. The van der Waals surface area contributed by atoms with Gasteiger partial charge in [-0.05, 0) is 223 Å². The number of benzene rings is 9. The summed E-state index contributed by atoms with van der Waals surface area (Å²) in [6.07, 6.45) is 10.1. The molecular formula is C101H92Cl5N13O19S. The number of ether oxygens (including phenoxy) is 8. The second-order valence-electron chi connectivity index (χ2n) is 31.7. The zero-order valence-electron chi connectivity index (χ0n) is 76.2. The van der Waals surface area contributed by atoms with Crippen LogP contribution >= 0.6 is 58.0 Å². The van der Waals surface area contributed by atoms with Crippen molar-refractivity contribution in [1.29, 1.82) is 0 Å². The first-order chi connectivity index (χ1) is 66.9. The number of methoxy groups -OCH3 is 8. The second kappa shape index (κ2) is 46.7. The first kappa shape index (κ1) is 102. The van der Waals surface area contributed by atoms with Crippen LogP contribution in [0.2, 0.25) is 25.4 Å². The number of carbonyl (C=O) groups excluding carboxylic acids is 4. The van der Waals surface area contributed by atoms with Gasteiger partial charge in [0.2, 0.25) is 23.5 Å². The van der Waals surface area contributed by atoms with E-state index in [-0.39, 0.29) is 43.2 Å². The van der Waals surface area contributed by atoms with Gasteiger partial charge in [0.05, 0.1) is 208 Å². The third-order valence-corrected chi connectivity index (χ3v) is 24.4. The lowest BCUT2D eigenvalue weighted by Gasteiger charge is -2.55. The minimum absolute atomic E-state index is 0.0286. The molecule has 0 atom stereocenters. The molecule has 0 radical (unpaired) electrons. The van der Waals surface area contributed by atoms with E-state index in [9.17, 15) is 37.5 Å². The number of nitrogens with zero attached hydrogens (tertiary/aromatic N) is 11. The van der Waals surface area contributed by atoms with Crippen LogP contribution in [0.5, 0.6) is 23.5 Å². The van der Waals surface area contributed by atoms with E-state index in [0.29, 0.717) is 117 Å². The molecule has 9 aromatic carbocycles. The fourth-order valence-corrected chi connectivity index (χ4v) is 16.9. The number of aromatic carboxylic acids is 1. The summed E-state index contributed by atoms with van der Waals surface area (Å²) in [5.41, 5.74) is 19.0. The average molecular weight is 2000 g/mol. The number of hydrogen-bond donors (Lipinski definition) is 5. The van der Waals surface area contributed by atoms with Gasteiger partial charge in [-0.1, -0.05) is 88.3 Å². The van der Waals surface area contributed by atoms with E-state index in [4.69, 9.17) is 102 Å². The Balaban J connectivity index is 0.000000136. The summed E-state index contributed by atoms with van der Waals surface area (Å²) in [5.74, 6) is 0.217. The van der Waals surface area contributed by atoms with E-state index in [1.165, 1.54) is 34.5 Å². The maximum Gasteiger partial charge on any atom is 0.340 e. The van der Waals surface area contributed by atoms with Crippen molar-refractivity contribution in [3.63, 3.8) is 0 Å². The highest BCUT2D eigenvalue weighted by Crippen LogP contribution is 2.58. The number of aliphatic hydroxyl groups is 2. The van der Waals surface area contributed by atoms with Crippen LogP contribution in [0.4, 0.5) is 0 Å². The van der Waals surface area contributed by atoms with E-state index in [0.717, 1.165) is 131 Å². The average Bonchev–Trinajstić information content (AvgIpc) is 1.59. The largest absolute Gasteiger partial charge is 0.481 e. The zero-order valence-corrected chi connectivity index (χ0v) is 80.8. The van der Waals surface area contributed by atoms with E-state index >= 15 is 0 Å². The molecule has 20 rings (SSSR count). The second-order valence-corrected chi connectivity index (χ2v) is 35.3. The topological polar surface area (TPSA) is 431 Å². The molecule has 2 saturated carbocycles. The molecule has 0 saturated heterocycles. The Kier molecular flexibility index (Phi) is 34.3. The van der Waals surface area contributed by atoms with Crippen molar-refractivity contribution in [2.24, 2.45) is 17.1 Å². The number of nitrogens with two attached hydrogens (primary N) is 1. The van der Waals surface area contributed by atoms with Gasteiger partial charge in [-0.2, -0.15) is 23.7 Å². The molecule has 9 heterocycles. The predicted octanol–water partition coefficient (Wildman–Crippen LogP) is 19.3. The molecule has 716 valence electrons. The highest BCUT2D eigenvalue weighted by molar-refractivity contribution is 7.85. The standard InChI is InChI=1S/C20H16ClN3O3.C19H14ClN3O3.C12H13NO4S.C11H8ClNO2.C11H11NO2.C10H8ClNO.C9H7ClN2O2.C9H15NO2/c1-26-18-8-4-13-9-12(3-7-17(13)23-18)11-24-19-14(20(25)27-2)5-6-16(21)15(19)10-22-24;1-26-17-7-3-12-8-11(2-6-16(12)22-17)10-23-18-13(19(24)25)4-5-15(20)14(18)9-21-23;1-16-12-6-4-10-7-9(3-5-11(10)13-12)8-17-18(2,14)15;1-15-11(14)8-2-4-9-7(6-8)3-5-10(12)13-9;1-14-11-5-3-9-6-8(7-13)2-4-10(9)12-11;11-10-4-2-8-5-7(6-13)1-3-9(8)12-10;1-14-9(13)5-2-3-7(10)6-4-11-12-8(5)6;1-12-8(11)6-2-9(3-6)4-7(10)5-9/h3-10H,11H2,1-2H3;2-9H,10H2,1H3,(H,24,25);3-7H,8H2,1-2H3;2-6H,1H3;2-6,13H,7H2,1H3;1-5,13H,6H2;2-4H,1H3,(H,11,12);6-7H,2-5,10H2,1H3. The summed E-state index contributed by atoms with van der Waals surface area (Å²) < 4.78 is 69.1. The number of carbonyl (C=O) groups is 5. The number of esters is 4. The van der Waals surface area contributed by atoms with E-state index < -0.39 is 28.0 Å². The van der Waals surface area contributed by atoms with Gasteiger partial charge in [-0.15, -0.1) is 0 Å². The fraction of sp³-hybridized carbons (Fsp3) is 0.208. The lowest BCUT2D eigenvalue weighted by molar-refractivity contribution is -0.159. The van der Waals surface area contributed by atoms with Crippen LogP contribution in [0, 0.1) is 11.3 Å². The summed E-state index contributed by atoms with van der Waals surface area (Å²) >= 11 is 29.8. The van der Waals surface area contributed by atoms with Crippen LogP contribution in [0.25, 0.3) is 98.1 Å². The molecule has 9 aromatic heterocycles. The molecule has 18 aromatic rings. The van der Waals surface area contributed by atoms with Crippen LogP contribution in [-0.4, -0.2) is 182 Å². The quantitative estimate of drug-likeness (QED) is 0.0230. The number of H-pyrrole nitrogens is 1. The molecule has 6 N–H and O–H groups in total. The van der Waals surface area contributed by atoms with Crippen molar-refractivity contribution < 1.29 is 89.8 Å². The normalized spacial score (nSPS) is 13.8. The minimum Gasteiger partial charge on any atom is -0.481 e. The molecule has 1 spiro atoms. The molecule has 2 fully saturated rings. The maximum absolute atomic E-state index is 12.2.